The highest BCUT2D eigenvalue weighted by molar-refractivity contribution is 6.21. The van der Waals surface area contributed by atoms with Gasteiger partial charge in [-0.05, 0) is 78.2 Å². The standard InChI is InChI=1S/C43H24N6O2/c1-27-8-5-15-39(40(27)43(51)48(26-50)34-9-3-2-4-10-34)49-41-35(32-18-28(22-44)16-29(19-32)23-45)11-6-13-37(41)38-14-7-12-36(42(38)49)33-20-30(24-46)17-31(21-33)25-47/h2-21,26H,1H3. The van der Waals surface area contributed by atoms with Gasteiger partial charge in [-0.3, -0.25) is 9.59 Å². The average molecular weight is 657 g/mol. The zero-order valence-electron chi connectivity index (χ0n) is 27.1. The Morgan fingerprint density at radius 2 is 1.08 bits per heavy atom. The number of aryl methyl sites for hydroxylation is 1. The Morgan fingerprint density at radius 3 is 1.53 bits per heavy atom. The number of nitrogens with zero attached hydrogens (tertiary/aromatic N) is 6. The molecule has 51 heavy (non-hydrogen) atoms. The van der Waals surface area contributed by atoms with Gasteiger partial charge in [-0.1, -0.05) is 66.7 Å². The molecule has 6 aromatic carbocycles. The summed E-state index contributed by atoms with van der Waals surface area (Å²) < 4.78 is 1.97. The Bertz CT molecular complexity index is 2550. The molecule has 1 heterocycles. The molecule has 7 rings (SSSR count). The van der Waals surface area contributed by atoms with Gasteiger partial charge >= 0.3 is 0 Å². The molecule has 0 spiro atoms. The third kappa shape index (κ3) is 5.42. The molecular formula is C43H24N6O2. The van der Waals surface area contributed by atoms with E-state index in [2.05, 4.69) is 24.3 Å². The molecular weight excluding hydrogens is 633 g/mol. The van der Waals surface area contributed by atoms with E-state index < -0.39 is 5.91 Å². The Hall–Kier alpha value is -7.78. The maximum Gasteiger partial charge on any atom is 0.267 e. The largest absolute Gasteiger partial charge is 0.307 e. The second-order valence-electron chi connectivity index (χ2n) is 11.9. The SMILES string of the molecule is Cc1cccc(-n2c3c(-c4cc(C#N)cc(C#N)c4)cccc3c3cccc(-c4cc(C#N)cc(C#N)c4)c32)c1C(=O)N(C=O)c1ccccc1. The molecule has 8 nitrogen and oxygen atoms in total. The van der Waals surface area contributed by atoms with Crippen molar-refractivity contribution in [3.05, 3.63) is 155 Å². The van der Waals surface area contributed by atoms with E-state index in [9.17, 15) is 30.6 Å². The summed E-state index contributed by atoms with van der Waals surface area (Å²) in [5.41, 5.74) is 7.08. The van der Waals surface area contributed by atoms with Gasteiger partial charge in [0.1, 0.15) is 0 Å². The number of hydrogen-bond acceptors (Lipinski definition) is 6. The molecule has 0 saturated carbocycles. The fourth-order valence-corrected chi connectivity index (χ4v) is 6.70. The van der Waals surface area contributed by atoms with Crippen LogP contribution < -0.4 is 4.90 Å². The Balaban J connectivity index is 1.66. The monoisotopic (exact) mass is 656 g/mol. The molecule has 8 heteroatoms. The summed E-state index contributed by atoms with van der Waals surface area (Å²) in [7, 11) is 0. The van der Waals surface area contributed by atoms with Crippen LogP contribution in [0.15, 0.2) is 121 Å². The molecule has 2 amide bonds. The van der Waals surface area contributed by atoms with E-state index in [4.69, 9.17) is 0 Å². The van der Waals surface area contributed by atoms with E-state index in [1.807, 2.05) is 66.1 Å². The predicted molar refractivity (Wildman–Crippen MR) is 195 cm³/mol. The topological polar surface area (TPSA) is 137 Å². The lowest BCUT2D eigenvalue weighted by Crippen LogP contribution is -2.31. The molecule has 0 aliphatic carbocycles. The zero-order valence-corrected chi connectivity index (χ0v) is 27.1. The molecule has 0 fully saturated rings. The number of carbonyl (C=O) groups is 2. The normalized spacial score (nSPS) is 10.5. The van der Waals surface area contributed by atoms with Crippen molar-refractivity contribution < 1.29 is 9.59 Å². The first-order chi connectivity index (χ1) is 24.9. The quantitative estimate of drug-likeness (QED) is 0.164. The fraction of sp³-hybridized carbons (Fsp3) is 0.0233. The van der Waals surface area contributed by atoms with E-state index in [0.29, 0.717) is 78.9 Å². The van der Waals surface area contributed by atoms with Crippen LogP contribution in [0.5, 0.6) is 0 Å². The van der Waals surface area contributed by atoms with Crippen molar-refractivity contribution in [3.63, 3.8) is 0 Å². The van der Waals surface area contributed by atoms with Crippen molar-refractivity contribution in [2.24, 2.45) is 0 Å². The van der Waals surface area contributed by atoms with Crippen LogP contribution in [0.1, 0.15) is 38.2 Å². The highest BCUT2D eigenvalue weighted by Crippen LogP contribution is 2.43. The summed E-state index contributed by atoms with van der Waals surface area (Å²) in [5.74, 6) is -0.536. The smallest absolute Gasteiger partial charge is 0.267 e. The third-order valence-corrected chi connectivity index (χ3v) is 8.88. The van der Waals surface area contributed by atoms with Crippen molar-refractivity contribution in [1.29, 1.82) is 21.0 Å². The van der Waals surface area contributed by atoms with Gasteiger partial charge in [0, 0.05) is 21.9 Å². The van der Waals surface area contributed by atoms with E-state index in [1.165, 1.54) is 12.1 Å². The zero-order chi connectivity index (χ0) is 35.6. The van der Waals surface area contributed by atoms with Gasteiger partial charge < -0.3 is 4.57 Å². The summed E-state index contributed by atoms with van der Waals surface area (Å²) in [6.45, 7) is 1.81. The minimum Gasteiger partial charge on any atom is -0.307 e. The first kappa shape index (κ1) is 31.8. The first-order valence-corrected chi connectivity index (χ1v) is 15.8. The van der Waals surface area contributed by atoms with Crippen molar-refractivity contribution >= 4 is 39.8 Å². The lowest BCUT2D eigenvalue weighted by Gasteiger charge is -2.22. The minimum atomic E-state index is -0.536. The fourth-order valence-electron chi connectivity index (χ4n) is 6.70. The number of nitriles is 4. The summed E-state index contributed by atoms with van der Waals surface area (Å²) in [6, 6.07) is 44.2. The van der Waals surface area contributed by atoms with Gasteiger partial charge in [-0.25, -0.2) is 4.90 Å². The molecule has 0 atom stereocenters. The molecule has 0 saturated heterocycles. The van der Waals surface area contributed by atoms with E-state index >= 15 is 0 Å². The molecule has 238 valence electrons. The lowest BCUT2D eigenvalue weighted by atomic mass is 9.97. The van der Waals surface area contributed by atoms with Gasteiger partial charge in [0.05, 0.1) is 74.5 Å². The highest BCUT2D eigenvalue weighted by Gasteiger charge is 2.27. The minimum absolute atomic E-state index is 0.281. The number of anilines is 1. The second-order valence-corrected chi connectivity index (χ2v) is 11.9. The molecule has 1 aromatic heterocycles. The number of imide groups is 1. The van der Waals surface area contributed by atoms with Crippen molar-refractivity contribution in [1.82, 2.24) is 4.57 Å². The summed E-state index contributed by atoms with van der Waals surface area (Å²) in [6.07, 6.45) is 0.504. The predicted octanol–water partition coefficient (Wildman–Crippen LogP) is 8.72. The highest BCUT2D eigenvalue weighted by atomic mass is 16.2. The maximum absolute atomic E-state index is 14.6. The average Bonchev–Trinajstić information content (AvgIpc) is 3.52. The molecule has 0 N–H and O–H groups in total. The number of hydrogen-bond donors (Lipinski definition) is 0. The maximum atomic E-state index is 14.6. The Morgan fingerprint density at radius 1 is 0.608 bits per heavy atom. The van der Waals surface area contributed by atoms with Crippen LogP contribution in [0.25, 0.3) is 49.7 Å². The van der Waals surface area contributed by atoms with E-state index in [0.717, 1.165) is 15.7 Å². The second kappa shape index (κ2) is 13.0. The van der Waals surface area contributed by atoms with Crippen LogP contribution in [-0.4, -0.2) is 16.9 Å². The number of para-hydroxylation sites is 3. The first-order valence-electron chi connectivity index (χ1n) is 15.8. The molecule has 0 aliphatic heterocycles. The van der Waals surface area contributed by atoms with Gasteiger partial charge in [0.25, 0.3) is 5.91 Å². The molecule has 0 bridgehead atoms. The molecule has 0 unspecified atom stereocenters. The van der Waals surface area contributed by atoms with Gasteiger partial charge in [-0.15, -0.1) is 0 Å². The summed E-state index contributed by atoms with van der Waals surface area (Å²) in [5, 5.41) is 41.0. The van der Waals surface area contributed by atoms with Crippen LogP contribution in [0.3, 0.4) is 0 Å². The van der Waals surface area contributed by atoms with Crippen molar-refractivity contribution in [2.45, 2.75) is 6.92 Å². The number of fused-ring (bicyclic) bond motifs is 3. The lowest BCUT2D eigenvalue weighted by molar-refractivity contribution is -0.106. The number of rotatable bonds is 6. The van der Waals surface area contributed by atoms with Crippen LogP contribution in [-0.2, 0) is 4.79 Å². The van der Waals surface area contributed by atoms with E-state index in [-0.39, 0.29) is 5.56 Å². The van der Waals surface area contributed by atoms with Gasteiger partial charge in [-0.2, -0.15) is 21.0 Å². The number of amides is 2. The number of carbonyl (C=O) groups excluding carboxylic acids is 2. The summed E-state index contributed by atoms with van der Waals surface area (Å²) >= 11 is 0. The third-order valence-electron chi connectivity index (χ3n) is 8.88. The van der Waals surface area contributed by atoms with Crippen LogP contribution in [0.4, 0.5) is 5.69 Å². The van der Waals surface area contributed by atoms with Crippen LogP contribution in [0.2, 0.25) is 0 Å². The van der Waals surface area contributed by atoms with E-state index in [1.54, 1.807) is 54.6 Å². The number of benzene rings is 6. The number of aromatic nitrogens is 1. The van der Waals surface area contributed by atoms with Crippen molar-refractivity contribution in [2.75, 3.05) is 4.90 Å². The molecule has 7 aromatic rings. The molecule has 0 aliphatic rings. The van der Waals surface area contributed by atoms with Crippen LogP contribution in [0, 0.1) is 52.2 Å². The van der Waals surface area contributed by atoms with Gasteiger partial charge in [0.15, 0.2) is 0 Å². The summed E-state index contributed by atoms with van der Waals surface area (Å²) in [4.78, 5) is 28.2. The Labute approximate surface area is 293 Å². The Kier molecular flexibility index (Phi) is 8.12. The molecule has 0 radical (unpaired) electrons. The van der Waals surface area contributed by atoms with Gasteiger partial charge in [0.2, 0.25) is 6.41 Å². The van der Waals surface area contributed by atoms with Crippen LogP contribution >= 0.6 is 0 Å². The van der Waals surface area contributed by atoms with Crippen molar-refractivity contribution in [3.8, 4) is 52.2 Å².